The van der Waals surface area contributed by atoms with E-state index in [1.54, 1.807) is 0 Å². The summed E-state index contributed by atoms with van der Waals surface area (Å²) in [4.78, 5) is 35.3. The number of carbonyl (C=O) groups excluding carboxylic acids is 3. The molecule has 1 rings (SSSR count). The van der Waals surface area contributed by atoms with Crippen molar-refractivity contribution in [3.63, 3.8) is 0 Å². The van der Waals surface area contributed by atoms with Gasteiger partial charge < -0.3 is 25.2 Å². The lowest BCUT2D eigenvalue weighted by molar-refractivity contribution is -0.145. The monoisotopic (exact) mass is 380 g/mol. The number of esters is 1. The van der Waals surface area contributed by atoms with Gasteiger partial charge in [0.15, 0.2) is 0 Å². The molecule has 8 heteroatoms. The Morgan fingerprint density at radius 3 is 2.52 bits per heavy atom. The lowest BCUT2D eigenvalue weighted by atomic mass is 10.1. The van der Waals surface area contributed by atoms with Gasteiger partial charge in [-0.3, -0.25) is 4.79 Å². The van der Waals surface area contributed by atoms with E-state index in [-0.39, 0.29) is 19.6 Å². The molecule has 0 spiro atoms. The van der Waals surface area contributed by atoms with Gasteiger partial charge in [0, 0.05) is 6.54 Å². The minimum atomic E-state index is -1.10. The third kappa shape index (κ3) is 9.60. The first-order valence-electron chi connectivity index (χ1n) is 8.96. The van der Waals surface area contributed by atoms with Crippen LogP contribution in [0.25, 0.3) is 0 Å². The van der Waals surface area contributed by atoms with Crippen LogP contribution in [0.15, 0.2) is 30.3 Å². The van der Waals surface area contributed by atoms with Gasteiger partial charge in [-0.2, -0.15) is 0 Å². The standard InChI is InChI=1S/C19H28N2O6/c1-3-4-10-16(18(24)26-2)21-17(23)11-15(22)12-20-19(25)27-13-14-8-6-5-7-9-14/h5-9,15-16,22H,3-4,10-13H2,1-2H3,(H,20,25)(H,21,23)/t15-,16+/m0/s1. The number of benzene rings is 1. The predicted molar refractivity (Wildman–Crippen MR) is 98.7 cm³/mol. The zero-order valence-electron chi connectivity index (χ0n) is 15.8. The molecule has 27 heavy (non-hydrogen) atoms. The molecule has 3 N–H and O–H groups in total. The molecule has 0 aliphatic carbocycles. The molecule has 0 radical (unpaired) electrons. The molecule has 0 saturated carbocycles. The highest BCUT2D eigenvalue weighted by Crippen LogP contribution is 2.04. The van der Waals surface area contributed by atoms with Gasteiger partial charge in [0.25, 0.3) is 0 Å². The van der Waals surface area contributed by atoms with E-state index in [4.69, 9.17) is 4.74 Å². The van der Waals surface area contributed by atoms with Crippen molar-refractivity contribution in [1.29, 1.82) is 0 Å². The summed E-state index contributed by atoms with van der Waals surface area (Å²) in [5.74, 6) is -1.01. The van der Waals surface area contributed by atoms with Crippen molar-refractivity contribution >= 4 is 18.0 Å². The van der Waals surface area contributed by atoms with Crippen LogP contribution in [0.1, 0.15) is 38.2 Å². The largest absolute Gasteiger partial charge is 0.467 e. The number of ether oxygens (including phenoxy) is 2. The zero-order chi connectivity index (χ0) is 20.1. The van der Waals surface area contributed by atoms with E-state index < -0.39 is 30.1 Å². The fraction of sp³-hybridized carbons (Fsp3) is 0.526. The second kappa shape index (κ2) is 12.7. The first-order valence-corrected chi connectivity index (χ1v) is 8.96. The maximum Gasteiger partial charge on any atom is 0.407 e. The molecule has 0 aliphatic rings. The minimum Gasteiger partial charge on any atom is -0.467 e. The highest BCUT2D eigenvalue weighted by molar-refractivity contribution is 5.84. The number of rotatable bonds is 11. The molecule has 2 atom stereocenters. The SMILES string of the molecule is CCCC[C@@H](NC(=O)C[C@H](O)CNC(=O)OCc1ccccc1)C(=O)OC. The van der Waals surface area contributed by atoms with Crippen LogP contribution in [-0.2, 0) is 25.7 Å². The molecule has 0 unspecified atom stereocenters. The van der Waals surface area contributed by atoms with Crippen LogP contribution in [0.5, 0.6) is 0 Å². The third-order valence-electron chi connectivity index (χ3n) is 3.78. The molecule has 0 bridgehead atoms. The normalized spacial score (nSPS) is 12.6. The van der Waals surface area contributed by atoms with Crippen molar-refractivity contribution in [1.82, 2.24) is 10.6 Å². The van der Waals surface area contributed by atoms with Crippen molar-refractivity contribution in [2.45, 2.75) is 51.4 Å². The molecule has 0 saturated heterocycles. The molecular formula is C19H28N2O6. The van der Waals surface area contributed by atoms with Crippen molar-refractivity contribution in [3.8, 4) is 0 Å². The Kier molecular flexibility index (Phi) is 10.5. The minimum absolute atomic E-state index is 0.113. The van der Waals surface area contributed by atoms with E-state index in [1.807, 2.05) is 37.3 Å². The lowest BCUT2D eigenvalue weighted by Gasteiger charge is -2.17. The number of carbonyl (C=O) groups is 3. The molecule has 0 fully saturated rings. The summed E-state index contributed by atoms with van der Waals surface area (Å²) in [5, 5.41) is 14.8. The zero-order valence-corrected chi connectivity index (χ0v) is 15.8. The van der Waals surface area contributed by atoms with Crippen molar-refractivity contribution in [2.24, 2.45) is 0 Å². The highest BCUT2D eigenvalue weighted by atomic mass is 16.5. The summed E-state index contributed by atoms with van der Waals surface area (Å²) >= 11 is 0. The Balaban J connectivity index is 2.30. The van der Waals surface area contributed by atoms with Crippen molar-refractivity contribution in [2.75, 3.05) is 13.7 Å². The Bertz CT molecular complexity index is 593. The summed E-state index contributed by atoms with van der Waals surface area (Å²) in [6, 6.07) is 8.43. The van der Waals surface area contributed by atoms with E-state index in [2.05, 4.69) is 15.4 Å². The highest BCUT2D eigenvalue weighted by Gasteiger charge is 2.22. The molecule has 2 amide bonds. The second-order valence-electron chi connectivity index (χ2n) is 6.09. The number of aliphatic hydroxyl groups excluding tert-OH is 1. The number of aliphatic hydroxyl groups is 1. The molecule has 1 aromatic rings. The van der Waals surface area contributed by atoms with Gasteiger partial charge in [-0.25, -0.2) is 9.59 Å². The molecule has 0 heterocycles. The van der Waals surface area contributed by atoms with Gasteiger partial charge >= 0.3 is 12.1 Å². The van der Waals surface area contributed by atoms with E-state index >= 15 is 0 Å². The van der Waals surface area contributed by atoms with Crippen molar-refractivity contribution < 1.29 is 29.0 Å². The maximum absolute atomic E-state index is 12.0. The Morgan fingerprint density at radius 2 is 1.89 bits per heavy atom. The number of nitrogens with one attached hydrogen (secondary N) is 2. The average molecular weight is 380 g/mol. The second-order valence-corrected chi connectivity index (χ2v) is 6.09. The van der Waals surface area contributed by atoms with E-state index in [9.17, 15) is 19.5 Å². The van der Waals surface area contributed by atoms with E-state index in [1.165, 1.54) is 7.11 Å². The van der Waals surface area contributed by atoms with Gasteiger partial charge in [-0.15, -0.1) is 0 Å². The van der Waals surface area contributed by atoms with Gasteiger partial charge in [0.2, 0.25) is 5.91 Å². The van der Waals surface area contributed by atoms with Crippen LogP contribution >= 0.6 is 0 Å². The first-order chi connectivity index (χ1) is 13.0. The van der Waals surface area contributed by atoms with Crippen LogP contribution in [0.3, 0.4) is 0 Å². The summed E-state index contributed by atoms with van der Waals surface area (Å²) in [7, 11) is 1.26. The number of hydrogen-bond acceptors (Lipinski definition) is 6. The van der Waals surface area contributed by atoms with Gasteiger partial charge in [-0.1, -0.05) is 50.1 Å². The summed E-state index contributed by atoms with van der Waals surface area (Å²) in [6.07, 6.45) is 0.0685. The quantitative estimate of drug-likeness (QED) is 0.502. The number of unbranched alkanes of at least 4 members (excludes halogenated alkanes) is 1. The average Bonchev–Trinajstić information content (AvgIpc) is 2.68. The number of amides is 2. The van der Waals surface area contributed by atoms with Gasteiger partial charge in [0.05, 0.1) is 19.6 Å². The number of methoxy groups -OCH3 is 1. The molecular weight excluding hydrogens is 352 g/mol. The molecule has 0 aromatic heterocycles. The van der Waals surface area contributed by atoms with Crippen molar-refractivity contribution in [3.05, 3.63) is 35.9 Å². The number of alkyl carbamates (subject to hydrolysis) is 1. The summed E-state index contributed by atoms with van der Waals surface area (Å²) in [6.45, 7) is 1.95. The molecule has 0 aliphatic heterocycles. The first kappa shape index (κ1) is 22.4. The van der Waals surface area contributed by atoms with Crippen LogP contribution in [0.4, 0.5) is 4.79 Å². The van der Waals surface area contributed by atoms with Crippen LogP contribution in [-0.4, -0.2) is 48.9 Å². The number of hydrogen-bond donors (Lipinski definition) is 3. The van der Waals surface area contributed by atoms with Crippen LogP contribution in [0.2, 0.25) is 0 Å². The predicted octanol–water partition coefficient (Wildman–Crippen LogP) is 1.51. The third-order valence-corrected chi connectivity index (χ3v) is 3.78. The maximum atomic E-state index is 12.0. The Labute approximate surface area is 159 Å². The van der Waals surface area contributed by atoms with Crippen LogP contribution < -0.4 is 10.6 Å². The van der Waals surface area contributed by atoms with Gasteiger partial charge in [0.1, 0.15) is 12.6 Å². The van der Waals surface area contributed by atoms with E-state index in [0.717, 1.165) is 18.4 Å². The van der Waals surface area contributed by atoms with Gasteiger partial charge in [-0.05, 0) is 12.0 Å². The molecule has 8 nitrogen and oxygen atoms in total. The Morgan fingerprint density at radius 1 is 1.19 bits per heavy atom. The Hall–Kier alpha value is -2.61. The van der Waals surface area contributed by atoms with Crippen LogP contribution in [0, 0.1) is 0 Å². The smallest absolute Gasteiger partial charge is 0.407 e. The topological polar surface area (TPSA) is 114 Å². The molecule has 150 valence electrons. The fourth-order valence-electron chi connectivity index (χ4n) is 2.31. The fourth-order valence-corrected chi connectivity index (χ4v) is 2.31. The molecule has 1 aromatic carbocycles. The lowest BCUT2D eigenvalue weighted by Crippen LogP contribution is -2.43. The summed E-state index contributed by atoms with van der Waals surface area (Å²) in [5.41, 5.74) is 0.841. The summed E-state index contributed by atoms with van der Waals surface area (Å²) < 4.78 is 9.68. The van der Waals surface area contributed by atoms with E-state index in [0.29, 0.717) is 6.42 Å².